The molecule has 0 radical (unpaired) electrons. The molecule has 0 aromatic carbocycles. The lowest BCUT2D eigenvalue weighted by Gasteiger charge is -2.44. The number of carbonyl (C=O) groups excluding carboxylic acids is 1. The van der Waals surface area contributed by atoms with Gasteiger partial charge < -0.3 is 80.1 Å². The van der Waals surface area contributed by atoms with Gasteiger partial charge in [0.2, 0.25) is 5.91 Å². The van der Waals surface area contributed by atoms with Crippen molar-refractivity contribution in [1.82, 2.24) is 5.32 Å². The van der Waals surface area contributed by atoms with Gasteiger partial charge >= 0.3 is 0 Å². The van der Waals surface area contributed by atoms with Crippen molar-refractivity contribution >= 4 is 5.91 Å². The Hall–Kier alpha value is -1.13. The zero-order valence-electron chi connectivity index (χ0n) is 19.7. The number of hydrogen-bond donors (Lipinski definition) is 11. The first-order chi connectivity index (χ1) is 17.4. The van der Waals surface area contributed by atoms with E-state index in [1.54, 1.807) is 0 Å². The Balaban J connectivity index is 1.67. The van der Waals surface area contributed by atoms with Gasteiger partial charge in [0.1, 0.15) is 73.2 Å². The standard InChI is InChI=1S/C20H35NO16/c1-5(23)21-9-13(27)11(25)8(4-34-20-17(31)15(29)10(24)6(2-22)36-20)37-19(9)33-3-7-12(26)14(28)16(30)18(32)35-7/h6-20,22,24-32H,2-4H2,1H3,(H,21,23)/t6-,7-,8-,9-,10-,11-,12-,13-,14+,15+,16-,17-,18+,19-,20+/m1/s1. The minimum Gasteiger partial charge on any atom is -0.394 e. The van der Waals surface area contributed by atoms with E-state index in [2.05, 4.69) is 5.32 Å². The fourth-order valence-electron chi connectivity index (χ4n) is 4.25. The summed E-state index contributed by atoms with van der Waals surface area (Å²) in [5, 5.41) is 102. The number of ether oxygens (including phenoxy) is 5. The molecule has 1 amide bonds. The lowest BCUT2D eigenvalue weighted by molar-refractivity contribution is -0.328. The predicted octanol–water partition coefficient (Wildman–Crippen LogP) is -7.43. The van der Waals surface area contributed by atoms with Gasteiger partial charge in [0, 0.05) is 6.92 Å². The molecule has 15 atom stereocenters. The molecule has 0 unspecified atom stereocenters. The van der Waals surface area contributed by atoms with Crippen LogP contribution >= 0.6 is 0 Å². The summed E-state index contributed by atoms with van der Waals surface area (Å²) >= 11 is 0. The lowest BCUT2D eigenvalue weighted by atomic mass is 9.96. The Morgan fingerprint density at radius 1 is 0.649 bits per heavy atom. The van der Waals surface area contributed by atoms with Crippen molar-refractivity contribution in [3.8, 4) is 0 Å². The van der Waals surface area contributed by atoms with Gasteiger partial charge in [-0.1, -0.05) is 0 Å². The summed E-state index contributed by atoms with van der Waals surface area (Å²) in [6, 6.07) is -1.34. The molecule has 3 rings (SSSR count). The fraction of sp³-hybridized carbons (Fsp3) is 0.950. The van der Waals surface area contributed by atoms with E-state index < -0.39 is 118 Å². The van der Waals surface area contributed by atoms with Crippen molar-refractivity contribution in [3.63, 3.8) is 0 Å². The van der Waals surface area contributed by atoms with E-state index in [1.165, 1.54) is 0 Å². The SMILES string of the molecule is CC(=O)N[C@H]1[C@H](OC[C@H]2O[C@H](O)[C@H](O)[C@@H](O)[C@@H]2O)O[C@H](CO[C@H]2O[C@H](CO)[C@@H](O)[C@H](O)[C@H]2O)[C@@H](O)[C@@H]1O. The first kappa shape index (κ1) is 30.4. The second kappa shape index (κ2) is 12.8. The molecule has 0 aromatic heterocycles. The van der Waals surface area contributed by atoms with Crippen LogP contribution in [0.3, 0.4) is 0 Å². The second-order valence-electron chi connectivity index (χ2n) is 9.15. The third kappa shape index (κ3) is 6.72. The quantitative estimate of drug-likeness (QED) is 0.135. The molecule has 0 bridgehead atoms. The van der Waals surface area contributed by atoms with Gasteiger partial charge in [-0.05, 0) is 0 Å². The maximum Gasteiger partial charge on any atom is 0.217 e. The molecule has 216 valence electrons. The highest BCUT2D eigenvalue weighted by Gasteiger charge is 2.49. The van der Waals surface area contributed by atoms with Crippen molar-refractivity contribution < 1.29 is 79.5 Å². The predicted molar refractivity (Wildman–Crippen MR) is 113 cm³/mol. The molecule has 3 fully saturated rings. The molecule has 3 aliphatic heterocycles. The van der Waals surface area contributed by atoms with Crippen LogP contribution in [0.4, 0.5) is 0 Å². The van der Waals surface area contributed by atoms with Crippen LogP contribution in [0.25, 0.3) is 0 Å². The zero-order valence-corrected chi connectivity index (χ0v) is 19.7. The fourth-order valence-corrected chi connectivity index (χ4v) is 4.25. The largest absolute Gasteiger partial charge is 0.394 e. The van der Waals surface area contributed by atoms with Gasteiger partial charge in [-0.15, -0.1) is 0 Å². The van der Waals surface area contributed by atoms with Gasteiger partial charge in [-0.25, -0.2) is 0 Å². The summed E-state index contributed by atoms with van der Waals surface area (Å²) in [5.41, 5.74) is 0. The molecule has 0 saturated carbocycles. The zero-order chi connectivity index (χ0) is 27.6. The molecule has 0 spiro atoms. The van der Waals surface area contributed by atoms with Crippen LogP contribution in [0.15, 0.2) is 0 Å². The topological polar surface area (TPSA) is 278 Å². The average molecular weight is 545 g/mol. The lowest BCUT2D eigenvalue weighted by Crippen LogP contribution is -2.66. The van der Waals surface area contributed by atoms with Crippen LogP contribution in [0, 0.1) is 0 Å². The number of carbonyl (C=O) groups is 1. The van der Waals surface area contributed by atoms with Crippen molar-refractivity contribution in [2.45, 2.75) is 99.0 Å². The summed E-state index contributed by atoms with van der Waals surface area (Å²) in [6.07, 6.45) is -22.5. The molecule has 0 aromatic rings. The van der Waals surface area contributed by atoms with Crippen molar-refractivity contribution in [3.05, 3.63) is 0 Å². The number of aliphatic hydroxyl groups is 10. The molecule has 3 saturated heterocycles. The van der Waals surface area contributed by atoms with E-state index in [1.807, 2.05) is 0 Å². The maximum atomic E-state index is 11.6. The van der Waals surface area contributed by atoms with E-state index >= 15 is 0 Å². The van der Waals surface area contributed by atoms with Crippen LogP contribution in [0.1, 0.15) is 6.92 Å². The van der Waals surface area contributed by atoms with E-state index in [0.29, 0.717) is 0 Å². The Bertz CT molecular complexity index is 745. The van der Waals surface area contributed by atoms with E-state index in [4.69, 9.17) is 23.7 Å². The number of amides is 1. The van der Waals surface area contributed by atoms with Crippen molar-refractivity contribution in [1.29, 1.82) is 0 Å². The third-order valence-corrected chi connectivity index (χ3v) is 6.46. The Morgan fingerprint density at radius 2 is 1.14 bits per heavy atom. The Kier molecular flexibility index (Phi) is 10.5. The summed E-state index contributed by atoms with van der Waals surface area (Å²) < 4.78 is 26.8. The van der Waals surface area contributed by atoms with Gasteiger partial charge in [-0.3, -0.25) is 4.79 Å². The minimum atomic E-state index is -1.84. The molecular formula is C20H35NO16. The van der Waals surface area contributed by atoms with Crippen LogP contribution in [-0.2, 0) is 28.5 Å². The summed E-state index contributed by atoms with van der Waals surface area (Å²) in [6.45, 7) is -0.700. The number of hydrogen-bond acceptors (Lipinski definition) is 16. The number of rotatable bonds is 8. The number of aliphatic hydroxyl groups excluding tert-OH is 10. The van der Waals surface area contributed by atoms with E-state index in [0.717, 1.165) is 6.92 Å². The number of nitrogens with one attached hydrogen (secondary N) is 1. The van der Waals surface area contributed by atoms with Crippen molar-refractivity contribution in [2.24, 2.45) is 0 Å². The molecule has 17 nitrogen and oxygen atoms in total. The monoisotopic (exact) mass is 545 g/mol. The van der Waals surface area contributed by atoms with Gasteiger partial charge in [0.25, 0.3) is 0 Å². The Morgan fingerprint density at radius 3 is 1.73 bits per heavy atom. The van der Waals surface area contributed by atoms with Gasteiger partial charge in [-0.2, -0.15) is 0 Å². The maximum absolute atomic E-state index is 11.6. The summed E-state index contributed by atoms with van der Waals surface area (Å²) in [7, 11) is 0. The third-order valence-electron chi connectivity index (χ3n) is 6.46. The highest BCUT2D eigenvalue weighted by molar-refractivity contribution is 5.73. The molecule has 0 aliphatic carbocycles. The first-order valence-corrected chi connectivity index (χ1v) is 11.6. The van der Waals surface area contributed by atoms with Crippen LogP contribution in [0.2, 0.25) is 0 Å². The van der Waals surface area contributed by atoms with Crippen LogP contribution in [-0.4, -0.2) is 169 Å². The summed E-state index contributed by atoms with van der Waals surface area (Å²) in [4.78, 5) is 11.6. The smallest absolute Gasteiger partial charge is 0.217 e. The Labute approximate surface area is 210 Å². The summed E-state index contributed by atoms with van der Waals surface area (Å²) in [5.74, 6) is -0.618. The van der Waals surface area contributed by atoms with Crippen molar-refractivity contribution in [2.75, 3.05) is 19.8 Å². The normalized spacial score (nSPS) is 49.0. The van der Waals surface area contributed by atoms with Gasteiger partial charge in [0.05, 0.1) is 19.8 Å². The van der Waals surface area contributed by atoms with Crippen LogP contribution in [0.5, 0.6) is 0 Å². The van der Waals surface area contributed by atoms with E-state index in [-0.39, 0.29) is 0 Å². The highest BCUT2D eigenvalue weighted by Crippen LogP contribution is 2.27. The first-order valence-electron chi connectivity index (χ1n) is 11.6. The molecule has 3 aliphatic rings. The minimum absolute atomic E-state index is 0.564. The average Bonchev–Trinajstić information content (AvgIpc) is 2.86. The molecule has 37 heavy (non-hydrogen) atoms. The molecular weight excluding hydrogens is 510 g/mol. The van der Waals surface area contributed by atoms with Crippen LogP contribution < -0.4 is 5.32 Å². The van der Waals surface area contributed by atoms with E-state index in [9.17, 15) is 55.9 Å². The molecule has 3 heterocycles. The van der Waals surface area contributed by atoms with Gasteiger partial charge in [0.15, 0.2) is 18.9 Å². The highest BCUT2D eigenvalue weighted by atomic mass is 16.7. The molecule has 11 N–H and O–H groups in total. The second-order valence-corrected chi connectivity index (χ2v) is 9.15. The molecule has 17 heteroatoms.